The standard InChI is InChI=1S/C34H38F3N7O4/c1-19-12-20(6-9-26(45)46)15-38-27(19)31(47)43-32-41-29-25(44(2)17-33(18-48-3)10-4-5-11-33)14-24(40-30(29)42-32)22-13-23(34(35,36)37)28(39-16-22)21-7-8-21/h12-16,21H,4-11,17-18H2,1-3H3,(H,45,46)(H2,40,41,42,43,47). The maximum absolute atomic E-state index is 14.2. The number of H-pyrrole nitrogens is 1. The van der Waals surface area contributed by atoms with Gasteiger partial charge in [0.25, 0.3) is 5.91 Å². The van der Waals surface area contributed by atoms with Gasteiger partial charge in [-0.25, -0.2) is 4.98 Å². The molecule has 3 N–H and O–H groups in total. The molecular weight excluding hydrogens is 627 g/mol. The third-order valence-electron chi connectivity index (χ3n) is 9.23. The van der Waals surface area contributed by atoms with Crippen molar-refractivity contribution in [2.45, 2.75) is 70.4 Å². The van der Waals surface area contributed by atoms with Gasteiger partial charge in [0.15, 0.2) is 5.65 Å². The predicted octanol–water partition coefficient (Wildman–Crippen LogP) is 6.53. The van der Waals surface area contributed by atoms with Gasteiger partial charge < -0.3 is 19.7 Å². The minimum absolute atomic E-state index is 0.0533. The predicted molar refractivity (Wildman–Crippen MR) is 173 cm³/mol. The Morgan fingerprint density at radius 1 is 1.12 bits per heavy atom. The first-order valence-electron chi connectivity index (χ1n) is 16.0. The van der Waals surface area contributed by atoms with Crippen LogP contribution in [0, 0.1) is 12.3 Å². The molecule has 4 aromatic rings. The number of carboxylic acids is 1. The lowest BCUT2D eigenvalue weighted by Gasteiger charge is -2.34. The summed E-state index contributed by atoms with van der Waals surface area (Å²) in [5.74, 6) is -1.55. The van der Waals surface area contributed by atoms with E-state index >= 15 is 0 Å². The molecule has 1 amide bonds. The summed E-state index contributed by atoms with van der Waals surface area (Å²) in [5, 5.41) is 11.7. The Hall–Kier alpha value is -4.59. The van der Waals surface area contributed by atoms with Gasteiger partial charge in [0.05, 0.1) is 29.2 Å². The molecule has 6 rings (SSSR count). The number of rotatable bonds is 12. The number of aromatic amines is 1. The summed E-state index contributed by atoms with van der Waals surface area (Å²) in [6, 6.07) is 4.57. The van der Waals surface area contributed by atoms with E-state index in [0.29, 0.717) is 48.3 Å². The second-order valence-corrected chi connectivity index (χ2v) is 13.1. The number of alkyl halides is 3. The molecule has 48 heavy (non-hydrogen) atoms. The van der Waals surface area contributed by atoms with Gasteiger partial charge in [0.1, 0.15) is 11.2 Å². The number of amides is 1. The molecule has 0 radical (unpaired) electrons. The smallest absolute Gasteiger partial charge is 0.418 e. The van der Waals surface area contributed by atoms with E-state index in [0.717, 1.165) is 31.7 Å². The topological polar surface area (TPSA) is 146 Å². The van der Waals surface area contributed by atoms with Crippen LogP contribution in [0.3, 0.4) is 0 Å². The maximum Gasteiger partial charge on any atom is 0.418 e. The zero-order valence-electron chi connectivity index (χ0n) is 27.1. The van der Waals surface area contributed by atoms with Crippen LogP contribution in [0.25, 0.3) is 22.4 Å². The molecule has 0 bridgehead atoms. The molecule has 11 nitrogen and oxygen atoms in total. The Balaban J connectivity index is 1.37. The number of nitrogens with zero attached hydrogens (tertiary/aromatic N) is 5. The van der Waals surface area contributed by atoms with Crippen molar-refractivity contribution in [1.29, 1.82) is 0 Å². The van der Waals surface area contributed by atoms with Crippen molar-refractivity contribution in [3.8, 4) is 11.3 Å². The van der Waals surface area contributed by atoms with E-state index in [1.54, 1.807) is 26.2 Å². The number of carbonyl (C=O) groups is 2. The minimum atomic E-state index is -4.57. The molecule has 2 aliphatic rings. The number of ether oxygens (including phenoxy) is 1. The van der Waals surface area contributed by atoms with Crippen LogP contribution in [0.5, 0.6) is 0 Å². The van der Waals surface area contributed by atoms with Gasteiger partial charge in [-0.3, -0.25) is 24.9 Å². The van der Waals surface area contributed by atoms with Crippen molar-refractivity contribution in [2.24, 2.45) is 5.41 Å². The normalized spacial score (nSPS) is 16.0. The van der Waals surface area contributed by atoms with Crippen molar-refractivity contribution >= 4 is 34.7 Å². The molecule has 4 heterocycles. The Kier molecular flexibility index (Phi) is 9.12. The summed E-state index contributed by atoms with van der Waals surface area (Å²) in [6.07, 6.45) is 4.09. The number of pyridine rings is 3. The van der Waals surface area contributed by atoms with Crippen molar-refractivity contribution in [3.63, 3.8) is 0 Å². The lowest BCUT2D eigenvalue weighted by molar-refractivity contribution is -0.138. The van der Waals surface area contributed by atoms with E-state index in [9.17, 15) is 22.8 Å². The van der Waals surface area contributed by atoms with Gasteiger partial charge in [-0.05, 0) is 62.3 Å². The van der Waals surface area contributed by atoms with Gasteiger partial charge in [0.2, 0.25) is 5.95 Å². The molecule has 14 heteroatoms. The first kappa shape index (κ1) is 33.3. The number of methoxy groups -OCH3 is 1. The van der Waals surface area contributed by atoms with Crippen molar-refractivity contribution in [3.05, 3.63) is 58.7 Å². The van der Waals surface area contributed by atoms with E-state index < -0.39 is 23.6 Å². The molecule has 2 aliphatic carbocycles. The van der Waals surface area contributed by atoms with Crippen molar-refractivity contribution < 1.29 is 32.6 Å². The summed E-state index contributed by atoms with van der Waals surface area (Å²) in [5.41, 5.74) is 2.49. The fourth-order valence-corrected chi connectivity index (χ4v) is 6.80. The molecule has 0 atom stereocenters. The van der Waals surface area contributed by atoms with Crippen LogP contribution in [-0.2, 0) is 22.1 Å². The van der Waals surface area contributed by atoms with E-state index in [1.165, 1.54) is 12.4 Å². The first-order valence-corrected chi connectivity index (χ1v) is 16.0. The number of carbonyl (C=O) groups excluding carboxylic acids is 1. The highest BCUT2D eigenvalue weighted by Gasteiger charge is 2.40. The third kappa shape index (κ3) is 7.13. The summed E-state index contributed by atoms with van der Waals surface area (Å²) < 4.78 is 48.1. The van der Waals surface area contributed by atoms with Crippen LogP contribution in [-0.4, -0.2) is 69.2 Å². The van der Waals surface area contributed by atoms with Gasteiger partial charge in [0, 0.05) is 56.4 Å². The number of aliphatic carboxylic acids is 1. The monoisotopic (exact) mass is 665 g/mol. The number of aryl methyl sites for hydroxylation is 2. The van der Waals surface area contributed by atoms with Crippen LogP contribution < -0.4 is 10.2 Å². The molecule has 2 saturated carbocycles. The molecule has 0 aliphatic heterocycles. The lowest BCUT2D eigenvalue weighted by Crippen LogP contribution is -2.37. The van der Waals surface area contributed by atoms with Crippen LogP contribution in [0.1, 0.15) is 83.7 Å². The van der Waals surface area contributed by atoms with E-state index in [4.69, 9.17) is 9.84 Å². The number of halogens is 3. The molecule has 0 spiro atoms. The Bertz CT molecular complexity index is 1850. The quantitative estimate of drug-likeness (QED) is 0.154. The van der Waals surface area contributed by atoms with Crippen LogP contribution in [0.2, 0.25) is 0 Å². The zero-order chi connectivity index (χ0) is 34.2. The summed E-state index contributed by atoms with van der Waals surface area (Å²) in [7, 11) is 3.60. The molecule has 0 saturated heterocycles. The fraction of sp³-hybridized carbons (Fsp3) is 0.471. The number of carboxylic acid groups (broad SMARTS) is 1. The summed E-state index contributed by atoms with van der Waals surface area (Å²) in [4.78, 5) is 47.1. The van der Waals surface area contributed by atoms with E-state index in [-0.39, 0.29) is 58.4 Å². The van der Waals surface area contributed by atoms with E-state index in [1.807, 2.05) is 11.9 Å². The highest BCUT2D eigenvalue weighted by atomic mass is 19.4. The number of hydrogen-bond donors (Lipinski definition) is 3. The van der Waals surface area contributed by atoms with Gasteiger partial charge in [-0.15, -0.1) is 0 Å². The largest absolute Gasteiger partial charge is 0.481 e. The average Bonchev–Trinajstić information content (AvgIpc) is 3.65. The van der Waals surface area contributed by atoms with Crippen LogP contribution >= 0.6 is 0 Å². The number of fused-ring (bicyclic) bond motifs is 1. The molecule has 2 fully saturated rings. The maximum atomic E-state index is 14.2. The Morgan fingerprint density at radius 2 is 1.88 bits per heavy atom. The lowest BCUT2D eigenvalue weighted by atomic mass is 9.86. The van der Waals surface area contributed by atoms with E-state index in [2.05, 4.69) is 30.2 Å². The fourth-order valence-electron chi connectivity index (χ4n) is 6.80. The van der Waals surface area contributed by atoms with Crippen molar-refractivity contribution in [2.75, 3.05) is 37.5 Å². The number of hydrogen-bond acceptors (Lipinski definition) is 8. The average molecular weight is 666 g/mol. The van der Waals surface area contributed by atoms with Crippen molar-refractivity contribution in [1.82, 2.24) is 24.9 Å². The number of imidazole rings is 1. The summed E-state index contributed by atoms with van der Waals surface area (Å²) in [6.45, 7) is 2.91. The number of nitrogens with one attached hydrogen (secondary N) is 2. The molecule has 254 valence electrons. The van der Waals surface area contributed by atoms with Crippen LogP contribution in [0.4, 0.5) is 24.8 Å². The highest BCUT2D eigenvalue weighted by molar-refractivity contribution is 6.04. The molecule has 0 unspecified atom stereocenters. The molecular formula is C34H38F3N7O4. The van der Waals surface area contributed by atoms with Gasteiger partial charge in [-0.2, -0.15) is 18.2 Å². The van der Waals surface area contributed by atoms with Gasteiger partial charge in [-0.1, -0.05) is 18.9 Å². The minimum Gasteiger partial charge on any atom is -0.481 e. The number of aromatic nitrogens is 5. The SMILES string of the molecule is COCC1(CN(C)c2cc(-c3cnc(C4CC4)c(C(F)(F)F)c3)nc3nc(NC(=O)c4ncc(CCC(=O)O)cc4C)[nH]c23)CCCC1. The first-order chi connectivity index (χ1) is 22.9. The molecule has 0 aromatic carbocycles. The van der Waals surface area contributed by atoms with Crippen LogP contribution in [0.15, 0.2) is 30.6 Å². The summed E-state index contributed by atoms with van der Waals surface area (Å²) >= 11 is 0. The molecule has 4 aromatic heterocycles. The second kappa shape index (κ2) is 13.1. The Morgan fingerprint density at radius 3 is 2.52 bits per heavy atom. The number of anilines is 2. The zero-order valence-corrected chi connectivity index (χ0v) is 27.1. The van der Waals surface area contributed by atoms with Gasteiger partial charge >= 0.3 is 12.1 Å². The highest BCUT2D eigenvalue weighted by Crippen LogP contribution is 2.46. The Labute approximate surface area is 275 Å². The second-order valence-electron chi connectivity index (χ2n) is 13.1. The third-order valence-corrected chi connectivity index (χ3v) is 9.23.